The minimum Gasteiger partial charge on any atom is -0.366 e. The van der Waals surface area contributed by atoms with Crippen molar-refractivity contribution in [3.63, 3.8) is 0 Å². The monoisotopic (exact) mass is 153 g/mol. The van der Waals surface area contributed by atoms with Crippen LogP contribution < -0.4 is 5.32 Å². The van der Waals surface area contributed by atoms with Gasteiger partial charge in [0.25, 0.3) is 0 Å². The van der Waals surface area contributed by atoms with Crippen molar-refractivity contribution in [1.82, 2.24) is 5.32 Å². The molecule has 4 atom stereocenters. The summed E-state index contributed by atoms with van der Waals surface area (Å²) in [7, 11) is 0. The summed E-state index contributed by atoms with van der Waals surface area (Å²) >= 11 is 0. The molecule has 3 nitrogen and oxygen atoms in total. The van der Waals surface area contributed by atoms with Crippen molar-refractivity contribution in [2.45, 2.75) is 18.6 Å². The molecular formula is C8H11NO2. The largest absolute Gasteiger partial charge is 0.366 e. The highest BCUT2D eigenvalue weighted by atomic mass is 16.5. The number of hydrogen-bond acceptors (Lipinski definition) is 3. The molecule has 0 radical (unpaired) electrons. The molecule has 4 unspecified atom stereocenters. The molecule has 0 saturated carbocycles. The van der Waals surface area contributed by atoms with E-state index in [1.54, 1.807) is 0 Å². The molecule has 3 aliphatic heterocycles. The molecule has 3 fully saturated rings. The minimum atomic E-state index is -0.0417. The third-order valence-corrected chi connectivity index (χ3v) is 3.22. The Morgan fingerprint density at radius 2 is 2.18 bits per heavy atom. The predicted molar refractivity (Wildman–Crippen MR) is 38.1 cm³/mol. The molecule has 3 aliphatic rings. The van der Waals surface area contributed by atoms with Crippen LogP contribution >= 0.6 is 0 Å². The fourth-order valence-electron chi connectivity index (χ4n) is 2.68. The maximum absolute atomic E-state index is 11.2. The van der Waals surface area contributed by atoms with Gasteiger partial charge < -0.3 is 10.1 Å². The molecule has 0 aliphatic carbocycles. The predicted octanol–water partition coefficient (Wildman–Crippen LogP) is -0.438. The molecule has 60 valence electrons. The van der Waals surface area contributed by atoms with E-state index in [2.05, 4.69) is 5.32 Å². The number of carbonyl (C=O) groups is 1. The second-order valence-corrected chi connectivity index (χ2v) is 3.75. The normalized spacial score (nSPS) is 53.6. The first kappa shape index (κ1) is 6.14. The molecule has 2 bridgehead atoms. The molecule has 0 aromatic carbocycles. The molecule has 0 amide bonds. The summed E-state index contributed by atoms with van der Waals surface area (Å²) in [6, 6.07) is 0. The van der Waals surface area contributed by atoms with Crippen molar-refractivity contribution in [2.75, 3.05) is 13.1 Å². The van der Waals surface area contributed by atoms with E-state index in [0.29, 0.717) is 24.0 Å². The summed E-state index contributed by atoms with van der Waals surface area (Å²) in [6.45, 7) is 2.04. The summed E-state index contributed by atoms with van der Waals surface area (Å²) < 4.78 is 5.56. The molecule has 3 rings (SSSR count). The Kier molecular flexibility index (Phi) is 1.03. The molecule has 3 heterocycles. The van der Waals surface area contributed by atoms with E-state index in [4.69, 9.17) is 4.74 Å². The lowest BCUT2D eigenvalue weighted by Crippen LogP contribution is -2.32. The van der Waals surface area contributed by atoms with Gasteiger partial charge in [-0.2, -0.15) is 0 Å². The number of nitrogens with one attached hydrogen (secondary N) is 1. The van der Waals surface area contributed by atoms with Crippen LogP contribution in [-0.4, -0.2) is 31.1 Å². The van der Waals surface area contributed by atoms with Crippen molar-refractivity contribution in [1.29, 1.82) is 0 Å². The number of rotatable bonds is 0. The molecule has 0 aromatic heterocycles. The van der Waals surface area contributed by atoms with Crippen LogP contribution in [0.25, 0.3) is 0 Å². The lowest BCUT2D eigenvalue weighted by molar-refractivity contribution is -0.123. The van der Waals surface area contributed by atoms with Gasteiger partial charge in [0.15, 0.2) is 5.78 Å². The summed E-state index contributed by atoms with van der Waals surface area (Å²) in [5.41, 5.74) is 0. The number of hydrogen-bond donors (Lipinski definition) is 1. The molecule has 3 saturated heterocycles. The van der Waals surface area contributed by atoms with Gasteiger partial charge in [-0.05, 0) is 0 Å². The Labute approximate surface area is 65.1 Å². The van der Waals surface area contributed by atoms with E-state index in [1.165, 1.54) is 0 Å². The highest BCUT2D eigenvalue weighted by Gasteiger charge is 2.55. The third-order valence-electron chi connectivity index (χ3n) is 3.22. The van der Waals surface area contributed by atoms with Crippen LogP contribution in [0.5, 0.6) is 0 Å². The maximum atomic E-state index is 11.2. The Balaban J connectivity index is 1.95. The van der Waals surface area contributed by atoms with E-state index in [9.17, 15) is 4.79 Å². The fraction of sp³-hybridized carbons (Fsp3) is 0.875. The lowest BCUT2D eigenvalue weighted by atomic mass is 9.81. The Bertz CT molecular complexity index is 216. The number of ether oxygens (including phenoxy) is 1. The molecule has 1 N–H and O–H groups in total. The summed E-state index contributed by atoms with van der Waals surface area (Å²) in [4.78, 5) is 11.2. The smallest absolute Gasteiger partial charge is 0.164 e. The van der Waals surface area contributed by atoms with Crippen LogP contribution in [0.15, 0.2) is 0 Å². The zero-order valence-electron chi connectivity index (χ0n) is 6.25. The molecule has 11 heavy (non-hydrogen) atoms. The van der Waals surface area contributed by atoms with Gasteiger partial charge >= 0.3 is 0 Å². The maximum Gasteiger partial charge on any atom is 0.164 e. The first-order valence-electron chi connectivity index (χ1n) is 4.25. The van der Waals surface area contributed by atoms with Gasteiger partial charge in [0, 0.05) is 31.3 Å². The number of fused-ring (bicyclic) bond motifs is 5. The fourth-order valence-corrected chi connectivity index (χ4v) is 2.68. The Morgan fingerprint density at radius 1 is 1.36 bits per heavy atom. The van der Waals surface area contributed by atoms with Crippen molar-refractivity contribution < 1.29 is 9.53 Å². The summed E-state index contributed by atoms with van der Waals surface area (Å²) in [6.07, 6.45) is 0.889. The topological polar surface area (TPSA) is 38.3 Å². The van der Waals surface area contributed by atoms with E-state index in [1.807, 2.05) is 0 Å². The first-order chi connectivity index (χ1) is 5.36. The standard InChI is InChI=1S/C8H11NO2/c10-6-1-7-4-2-9-3-5(4)8(6)11-7/h4-5,7-9H,1-3H2. The van der Waals surface area contributed by atoms with E-state index in [0.717, 1.165) is 13.1 Å². The highest BCUT2D eigenvalue weighted by molar-refractivity contribution is 5.87. The average Bonchev–Trinajstić information content (AvgIpc) is 2.52. The van der Waals surface area contributed by atoms with Crippen molar-refractivity contribution in [3.05, 3.63) is 0 Å². The van der Waals surface area contributed by atoms with Crippen LogP contribution in [-0.2, 0) is 9.53 Å². The molecule has 0 spiro atoms. The zero-order valence-corrected chi connectivity index (χ0v) is 6.25. The molecule has 3 heteroatoms. The number of carbonyl (C=O) groups excluding carboxylic acids is 1. The van der Waals surface area contributed by atoms with Gasteiger partial charge in [-0.25, -0.2) is 0 Å². The number of Topliss-reactive ketones (excluding diaryl/α,β-unsaturated/α-hetero) is 1. The zero-order chi connectivity index (χ0) is 7.42. The Morgan fingerprint density at radius 3 is 3.09 bits per heavy atom. The average molecular weight is 153 g/mol. The van der Waals surface area contributed by atoms with Crippen LogP contribution in [0.1, 0.15) is 6.42 Å². The van der Waals surface area contributed by atoms with E-state index < -0.39 is 0 Å². The van der Waals surface area contributed by atoms with Gasteiger partial charge in [-0.15, -0.1) is 0 Å². The van der Waals surface area contributed by atoms with E-state index >= 15 is 0 Å². The first-order valence-corrected chi connectivity index (χ1v) is 4.25. The molecule has 0 aromatic rings. The van der Waals surface area contributed by atoms with Gasteiger partial charge in [0.1, 0.15) is 6.10 Å². The molecular weight excluding hydrogens is 142 g/mol. The van der Waals surface area contributed by atoms with Crippen LogP contribution in [0.2, 0.25) is 0 Å². The van der Waals surface area contributed by atoms with Crippen LogP contribution in [0.4, 0.5) is 0 Å². The quantitative estimate of drug-likeness (QED) is 0.513. The van der Waals surface area contributed by atoms with Crippen molar-refractivity contribution in [2.24, 2.45) is 11.8 Å². The van der Waals surface area contributed by atoms with Gasteiger partial charge in [0.2, 0.25) is 0 Å². The van der Waals surface area contributed by atoms with Crippen LogP contribution in [0.3, 0.4) is 0 Å². The van der Waals surface area contributed by atoms with Crippen molar-refractivity contribution >= 4 is 5.78 Å². The van der Waals surface area contributed by atoms with Crippen molar-refractivity contribution in [3.8, 4) is 0 Å². The number of ketones is 1. The lowest BCUT2D eigenvalue weighted by Gasteiger charge is -2.17. The van der Waals surface area contributed by atoms with E-state index in [-0.39, 0.29) is 12.2 Å². The second kappa shape index (κ2) is 1.84. The SMILES string of the molecule is O=C1CC2OC1C1CNCC21. The third kappa shape index (κ3) is 0.631. The van der Waals surface area contributed by atoms with Gasteiger partial charge in [-0.1, -0.05) is 0 Å². The summed E-state index contributed by atoms with van der Waals surface area (Å²) in [5.74, 6) is 1.47. The Hall–Kier alpha value is -0.410. The minimum absolute atomic E-state index is 0.0417. The van der Waals surface area contributed by atoms with Gasteiger partial charge in [0.05, 0.1) is 6.10 Å². The highest BCUT2D eigenvalue weighted by Crippen LogP contribution is 2.42. The second-order valence-electron chi connectivity index (χ2n) is 3.75. The van der Waals surface area contributed by atoms with Crippen LogP contribution in [0, 0.1) is 11.8 Å². The summed E-state index contributed by atoms with van der Waals surface area (Å²) in [5, 5.41) is 3.31. The van der Waals surface area contributed by atoms with Gasteiger partial charge in [-0.3, -0.25) is 4.79 Å².